The molecule has 13 heteroatoms. The van der Waals surface area contributed by atoms with Gasteiger partial charge in [-0.05, 0) is 31.2 Å². The number of hydrogen-bond donors (Lipinski definition) is 3. The first-order valence-corrected chi connectivity index (χ1v) is 13.5. The van der Waals surface area contributed by atoms with Crippen molar-refractivity contribution in [3.05, 3.63) is 36.4 Å². The predicted molar refractivity (Wildman–Crippen MR) is 152 cm³/mol. The molecule has 0 atom stereocenters. The second kappa shape index (κ2) is 15.3. The number of methoxy groups -OCH3 is 2. The molecule has 0 radical (unpaired) electrons. The third kappa shape index (κ3) is 8.60. The molecule has 5 rings (SSSR count). The molecule has 2 saturated heterocycles. The summed E-state index contributed by atoms with van der Waals surface area (Å²) in [4.78, 5) is 25.2. The number of esters is 1. The molecule has 3 N–H and O–H groups in total. The van der Waals surface area contributed by atoms with Gasteiger partial charge in [-0.1, -0.05) is 0 Å². The number of benzene rings is 2. The number of ether oxygens (including phenoxy) is 7. The Labute approximate surface area is 239 Å². The van der Waals surface area contributed by atoms with Crippen molar-refractivity contribution in [2.24, 2.45) is 0 Å². The minimum atomic E-state index is -0.346. The summed E-state index contributed by atoms with van der Waals surface area (Å²) in [5, 5.41) is 9.38. The summed E-state index contributed by atoms with van der Waals surface area (Å²) in [5.74, 6) is 1.14. The van der Waals surface area contributed by atoms with Crippen LogP contribution < -0.4 is 30.3 Å². The third-order valence-corrected chi connectivity index (χ3v) is 6.35. The van der Waals surface area contributed by atoms with E-state index in [1.807, 2.05) is 36.4 Å². The highest BCUT2D eigenvalue weighted by Gasteiger charge is 2.29. The van der Waals surface area contributed by atoms with Gasteiger partial charge in [-0.15, -0.1) is 0 Å². The third-order valence-electron chi connectivity index (χ3n) is 6.35. The molecule has 0 spiro atoms. The first-order chi connectivity index (χ1) is 20.0. The molecule has 41 heavy (non-hydrogen) atoms. The number of hydrogen-bond acceptors (Lipinski definition) is 12. The number of anilines is 4. The molecule has 0 aromatic heterocycles. The smallest absolute Gasteiger partial charge is 0.325 e. The minimum absolute atomic E-state index is 0.000136. The van der Waals surface area contributed by atoms with E-state index in [4.69, 9.17) is 33.2 Å². The molecular formula is C28H38N4O9. The topological polar surface area (TPSA) is 138 Å². The summed E-state index contributed by atoms with van der Waals surface area (Å²) in [5.41, 5.74) is 3.31. The molecular weight excluding hydrogens is 536 g/mol. The van der Waals surface area contributed by atoms with Crippen LogP contribution in [0.15, 0.2) is 36.4 Å². The molecule has 2 aromatic carbocycles. The Kier molecular flexibility index (Phi) is 11.3. The zero-order valence-corrected chi connectivity index (χ0v) is 23.6. The van der Waals surface area contributed by atoms with Crippen LogP contribution in [0.5, 0.6) is 11.5 Å². The van der Waals surface area contributed by atoms with Gasteiger partial charge in [0.25, 0.3) is 0 Å². The van der Waals surface area contributed by atoms with Crippen LogP contribution in [0.4, 0.5) is 22.7 Å². The number of carbonyl (C=O) groups is 2. The molecule has 3 heterocycles. The Morgan fingerprint density at radius 3 is 2.27 bits per heavy atom. The largest absolute Gasteiger partial charge is 0.497 e. The number of carbonyl (C=O) groups excluding carboxylic acids is 2. The van der Waals surface area contributed by atoms with Crippen molar-refractivity contribution in [3.8, 4) is 11.5 Å². The molecule has 2 aromatic rings. The molecule has 2 fully saturated rings. The van der Waals surface area contributed by atoms with E-state index >= 15 is 0 Å². The summed E-state index contributed by atoms with van der Waals surface area (Å²) in [7, 11) is 3.21. The lowest BCUT2D eigenvalue weighted by Crippen LogP contribution is -2.44. The van der Waals surface area contributed by atoms with Crippen molar-refractivity contribution in [1.29, 1.82) is 0 Å². The van der Waals surface area contributed by atoms with Gasteiger partial charge in [0, 0.05) is 12.1 Å². The maximum absolute atomic E-state index is 12.1. The second-order valence-electron chi connectivity index (χ2n) is 9.03. The molecule has 1 amide bonds. The highest BCUT2D eigenvalue weighted by molar-refractivity contribution is 6.02. The van der Waals surface area contributed by atoms with E-state index in [-0.39, 0.29) is 37.5 Å². The van der Waals surface area contributed by atoms with E-state index in [1.54, 1.807) is 26.0 Å². The Morgan fingerprint density at radius 2 is 1.59 bits per heavy atom. The van der Waals surface area contributed by atoms with Crippen LogP contribution in [0, 0.1) is 0 Å². The van der Waals surface area contributed by atoms with Crippen LogP contribution in [0.2, 0.25) is 0 Å². The highest BCUT2D eigenvalue weighted by Crippen LogP contribution is 2.33. The van der Waals surface area contributed by atoms with E-state index in [2.05, 4.69) is 16.0 Å². The molecule has 0 bridgehead atoms. The van der Waals surface area contributed by atoms with Crippen molar-refractivity contribution < 1.29 is 42.7 Å². The second-order valence-corrected chi connectivity index (χ2v) is 9.03. The fourth-order valence-corrected chi connectivity index (χ4v) is 4.32. The fourth-order valence-electron chi connectivity index (χ4n) is 4.32. The Bertz CT molecular complexity index is 1150. The Hall–Kier alpha value is -3.78. The van der Waals surface area contributed by atoms with E-state index in [0.717, 1.165) is 28.5 Å². The number of nitrogens with zero attached hydrogens (tertiary/aromatic N) is 1. The van der Waals surface area contributed by atoms with E-state index in [9.17, 15) is 9.59 Å². The monoisotopic (exact) mass is 574 g/mol. The van der Waals surface area contributed by atoms with Gasteiger partial charge in [0.2, 0.25) is 5.91 Å². The number of rotatable bonds is 11. The SMILES string of the molecule is CCOC(=O)CNc1ccc(OC)cc1NCC1OCCO1.COc1ccc2c(c1)N(CC1OCCO1)C(=O)CN2. The first-order valence-electron chi connectivity index (χ1n) is 13.5. The van der Waals surface area contributed by atoms with Crippen LogP contribution in [0.25, 0.3) is 0 Å². The Morgan fingerprint density at radius 1 is 0.927 bits per heavy atom. The van der Waals surface area contributed by atoms with Gasteiger partial charge in [-0.3, -0.25) is 9.59 Å². The maximum atomic E-state index is 12.1. The number of fused-ring (bicyclic) bond motifs is 1. The van der Waals surface area contributed by atoms with Crippen molar-refractivity contribution in [2.75, 3.05) is 94.3 Å². The molecule has 0 saturated carbocycles. The lowest BCUT2D eigenvalue weighted by Gasteiger charge is -2.31. The quantitative estimate of drug-likeness (QED) is 0.340. The molecule has 0 aliphatic carbocycles. The van der Waals surface area contributed by atoms with Crippen LogP contribution in [0.3, 0.4) is 0 Å². The molecule has 3 aliphatic rings. The van der Waals surface area contributed by atoms with Crippen LogP contribution in [-0.2, 0) is 33.3 Å². The number of nitrogens with one attached hydrogen (secondary N) is 3. The lowest BCUT2D eigenvalue weighted by molar-refractivity contribution is -0.140. The zero-order chi connectivity index (χ0) is 29.0. The average molecular weight is 575 g/mol. The van der Waals surface area contributed by atoms with Gasteiger partial charge in [0.1, 0.15) is 18.0 Å². The van der Waals surface area contributed by atoms with Crippen LogP contribution in [0.1, 0.15) is 6.92 Å². The summed E-state index contributed by atoms with van der Waals surface area (Å²) in [6.45, 7) is 5.83. The van der Waals surface area contributed by atoms with Gasteiger partial charge in [0.15, 0.2) is 12.6 Å². The zero-order valence-electron chi connectivity index (χ0n) is 23.6. The van der Waals surface area contributed by atoms with E-state index in [1.165, 1.54) is 0 Å². The van der Waals surface area contributed by atoms with Crippen molar-refractivity contribution in [2.45, 2.75) is 19.5 Å². The van der Waals surface area contributed by atoms with Crippen molar-refractivity contribution in [3.63, 3.8) is 0 Å². The maximum Gasteiger partial charge on any atom is 0.325 e. The molecule has 13 nitrogen and oxygen atoms in total. The van der Waals surface area contributed by atoms with Crippen molar-refractivity contribution >= 4 is 34.6 Å². The van der Waals surface area contributed by atoms with Crippen LogP contribution in [-0.4, -0.2) is 97.9 Å². The summed E-state index contributed by atoms with van der Waals surface area (Å²) >= 11 is 0. The van der Waals surface area contributed by atoms with Gasteiger partial charge in [0.05, 0.1) is 89.6 Å². The van der Waals surface area contributed by atoms with Gasteiger partial charge in [-0.25, -0.2) is 0 Å². The van der Waals surface area contributed by atoms with Crippen LogP contribution >= 0.6 is 0 Å². The lowest BCUT2D eigenvalue weighted by atomic mass is 10.2. The van der Waals surface area contributed by atoms with E-state index in [0.29, 0.717) is 51.9 Å². The standard InChI is InChI=1S/C15H22N2O5.C13H16N2O4/c1-3-20-14(18)9-16-12-5-4-11(19-2)8-13(12)17-10-15-21-6-7-22-15;1-17-9-2-3-10-11(6-9)15(12(16)7-14-10)8-13-18-4-5-19-13/h4-5,8,15-17H,3,6-7,9-10H2,1-2H3;2-3,6,13-14H,4-5,7-8H2,1H3. The predicted octanol–water partition coefficient (Wildman–Crippen LogP) is 2.28. The highest BCUT2D eigenvalue weighted by atomic mass is 16.7. The summed E-state index contributed by atoms with van der Waals surface area (Å²) in [6, 6.07) is 11.1. The normalized spacial score (nSPS) is 16.8. The van der Waals surface area contributed by atoms with Gasteiger partial charge >= 0.3 is 5.97 Å². The van der Waals surface area contributed by atoms with E-state index < -0.39 is 0 Å². The number of amides is 1. The average Bonchev–Trinajstić information content (AvgIpc) is 3.72. The summed E-state index contributed by atoms with van der Waals surface area (Å²) in [6.07, 6.45) is -0.606. The van der Waals surface area contributed by atoms with Gasteiger partial charge < -0.3 is 54.0 Å². The molecule has 3 aliphatic heterocycles. The minimum Gasteiger partial charge on any atom is -0.497 e. The summed E-state index contributed by atoms with van der Waals surface area (Å²) < 4.78 is 36.9. The van der Waals surface area contributed by atoms with Crippen molar-refractivity contribution in [1.82, 2.24) is 0 Å². The fraction of sp³-hybridized carbons (Fsp3) is 0.500. The Balaban J connectivity index is 0.000000191. The van der Waals surface area contributed by atoms with Gasteiger partial charge in [-0.2, -0.15) is 0 Å². The first kappa shape index (κ1) is 30.2. The molecule has 0 unspecified atom stereocenters. The molecule has 224 valence electrons.